The summed E-state index contributed by atoms with van der Waals surface area (Å²) in [6.45, 7) is 6.35. The molecule has 0 saturated carbocycles. The molecule has 1 fully saturated rings. The summed E-state index contributed by atoms with van der Waals surface area (Å²) in [6, 6.07) is 4.35. The van der Waals surface area contributed by atoms with Gasteiger partial charge in [0.2, 0.25) is 0 Å². The minimum absolute atomic E-state index is 0.443. The number of nitrogens with zero attached hydrogens (tertiary/aromatic N) is 1. The third kappa shape index (κ3) is 4.94. The SMILES string of the molecule is CCCC1CCCN(Cc2ccc(C#CCN)s2)CC1. The topological polar surface area (TPSA) is 29.3 Å². The lowest BCUT2D eigenvalue weighted by molar-refractivity contribution is 0.273. The van der Waals surface area contributed by atoms with E-state index in [0.29, 0.717) is 6.54 Å². The molecule has 2 heterocycles. The third-order valence-electron chi connectivity index (χ3n) is 3.99. The molecule has 0 radical (unpaired) electrons. The molecule has 2 rings (SSSR count). The summed E-state index contributed by atoms with van der Waals surface area (Å²) < 4.78 is 0. The second-order valence-electron chi connectivity index (χ2n) is 5.63. The second-order valence-corrected chi connectivity index (χ2v) is 6.80. The van der Waals surface area contributed by atoms with Crippen molar-refractivity contribution in [2.75, 3.05) is 19.6 Å². The predicted octanol–water partition coefficient (Wildman–Crippen LogP) is 3.46. The summed E-state index contributed by atoms with van der Waals surface area (Å²) in [5.41, 5.74) is 5.41. The maximum Gasteiger partial charge on any atom is 0.0772 e. The van der Waals surface area contributed by atoms with Crippen LogP contribution in [0.25, 0.3) is 0 Å². The van der Waals surface area contributed by atoms with Gasteiger partial charge in [-0.25, -0.2) is 0 Å². The fourth-order valence-electron chi connectivity index (χ4n) is 2.97. The number of hydrogen-bond donors (Lipinski definition) is 1. The highest BCUT2D eigenvalue weighted by molar-refractivity contribution is 7.12. The minimum atomic E-state index is 0.443. The highest BCUT2D eigenvalue weighted by Gasteiger charge is 2.16. The van der Waals surface area contributed by atoms with Crippen LogP contribution in [0.4, 0.5) is 0 Å². The number of rotatable bonds is 4. The van der Waals surface area contributed by atoms with Gasteiger partial charge < -0.3 is 5.73 Å². The van der Waals surface area contributed by atoms with Crippen LogP contribution in [0.2, 0.25) is 0 Å². The van der Waals surface area contributed by atoms with Gasteiger partial charge in [-0.1, -0.05) is 31.6 Å². The van der Waals surface area contributed by atoms with Gasteiger partial charge in [0.1, 0.15) is 0 Å². The Morgan fingerprint density at radius 2 is 2.25 bits per heavy atom. The van der Waals surface area contributed by atoms with Crippen molar-refractivity contribution in [3.63, 3.8) is 0 Å². The van der Waals surface area contributed by atoms with Crippen LogP contribution >= 0.6 is 11.3 Å². The van der Waals surface area contributed by atoms with Gasteiger partial charge in [-0.15, -0.1) is 11.3 Å². The van der Waals surface area contributed by atoms with E-state index in [9.17, 15) is 0 Å². The Bertz CT molecular complexity index is 455. The molecule has 1 aromatic heterocycles. The molecule has 1 aliphatic rings. The molecule has 1 saturated heterocycles. The Hall–Kier alpha value is -0.820. The van der Waals surface area contributed by atoms with E-state index in [1.807, 2.05) is 11.3 Å². The van der Waals surface area contributed by atoms with Gasteiger partial charge in [0.15, 0.2) is 0 Å². The van der Waals surface area contributed by atoms with E-state index in [2.05, 4.69) is 35.8 Å². The molecule has 1 atom stereocenters. The maximum atomic E-state index is 5.41. The third-order valence-corrected chi connectivity index (χ3v) is 4.98. The number of likely N-dealkylation sites (tertiary alicyclic amines) is 1. The van der Waals surface area contributed by atoms with Crippen molar-refractivity contribution in [3.05, 3.63) is 21.9 Å². The van der Waals surface area contributed by atoms with Crippen LogP contribution < -0.4 is 5.73 Å². The molecule has 1 aromatic rings. The molecular formula is C17H26N2S. The van der Waals surface area contributed by atoms with Gasteiger partial charge in [0.25, 0.3) is 0 Å². The van der Waals surface area contributed by atoms with Crippen molar-refractivity contribution in [2.45, 2.75) is 45.6 Å². The monoisotopic (exact) mass is 290 g/mol. The molecule has 3 heteroatoms. The molecule has 20 heavy (non-hydrogen) atoms. The summed E-state index contributed by atoms with van der Waals surface area (Å²) in [5.74, 6) is 7.01. The average Bonchev–Trinajstić information content (AvgIpc) is 2.77. The molecule has 0 spiro atoms. The molecule has 2 N–H and O–H groups in total. The van der Waals surface area contributed by atoms with Gasteiger partial charge in [-0.3, -0.25) is 4.90 Å². The lowest BCUT2D eigenvalue weighted by Gasteiger charge is -2.19. The first kappa shape index (κ1) is 15.6. The molecule has 1 unspecified atom stereocenters. The molecular weight excluding hydrogens is 264 g/mol. The van der Waals surface area contributed by atoms with Gasteiger partial charge in [-0.05, 0) is 50.4 Å². The first-order chi connectivity index (χ1) is 9.81. The van der Waals surface area contributed by atoms with Crippen molar-refractivity contribution >= 4 is 11.3 Å². The lowest BCUT2D eigenvalue weighted by atomic mass is 9.96. The van der Waals surface area contributed by atoms with E-state index in [0.717, 1.165) is 17.3 Å². The summed E-state index contributed by atoms with van der Waals surface area (Å²) in [4.78, 5) is 5.19. The Balaban J connectivity index is 1.85. The normalized spacial score (nSPS) is 20.2. The first-order valence-electron chi connectivity index (χ1n) is 7.81. The fraction of sp³-hybridized carbons (Fsp3) is 0.647. The standard InChI is InChI=1S/C17H26N2S/c1-2-5-15-6-4-12-19(13-10-15)14-17-9-8-16(20-17)7-3-11-18/h8-9,15H,2,4-6,10-14,18H2,1H3. The summed E-state index contributed by atoms with van der Waals surface area (Å²) >= 11 is 1.81. The Kier molecular flexibility index (Phi) is 6.59. The van der Waals surface area contributed by atoms with E-state index >= 15 is 0 Å². The summed E-state index contributed by atoms with van der Waals surface area (Å²) in [5, 5.41) is 0. The predicted molar refractivity (Wildman–Crippen MR) is 87.8 cm³/mol. The molecule has 1 aliphatic heterocycles. The van der Waals surface area contributed by atoms with Crippen LogP contribution in [0.5, 0.6) is 0 Å². The van der Waals surface area contributed by atoms with Crippen LogP contribution in [0.1, 0.15) is 48.8 Å². The zero-order chi connectivity index (χ0) is 14.2. The van der Waals surface area contributed by atoms with E-state index in [1.165, 1.54) is 50.1 Å². The van der Waals surface area contributed by atoms with Gasteiger partial charge in [-0.2, -0.15) is 0 Å². The number of thiophene rings is 1. The molecule has 0 amide bonds. The summed E-state index contributed by atoms with van der Waals surface area (Å²) in [6.07, 6.45) is 6.89. The number of nitrogens with two attached hydrogens (primary N) is 1. The quantitative estimate of drug-likeness (QED) is 0.861. The van der Waals surface area contributed by atoms with Crippen LogP contribution in [0, 0.1) is 17.8 Å². The van der Waals surface area contributed by atoms with Crippen molar-refractivity contribution in [1.29, 1.82) is 0 Å². The molecule has 0 aliphatic carbocycles. The van der Waals surface area contributed by atoms with Crippen molar-refractivity contribution < 1.29 is 0 Å². The highest BCUT2D eigenvalue weighted by atomic mass is 32.1. The van der Waals surface area contributed by atoms with Crippen molar-refractivity contribution in [1.82, 2.24) is 4.90 Å². The lowest BCUT2D eigenvalue weighted by Crippen LogP contribution is -2.23. The van der Waals surface area contributed by atoms with Crippen LogP contribution in [-0.2, 0) is 6.54 Å². The van der Waals surface area contributed by atoms with Gasteiger partial charge >= 0.3 is 0 Å². The van der Waals surface area contributed by atoms with Gasteiger partial charge in [0, 0.05) is 11.4 Å². The van der Waals surface area contributed by atoms with Crippen molar-refractivity contribution in [3.8, 4) is 11.8 Å². The molecule has 110 valence electrons. The molecule has 2 nitrogen and oxygen atoms in total. The second kappa shape index (κ2) is 8.46. The average molecular weight is 290 g/mol. The largest absolute Gasteiger partial charge is 0.320 e. The van der Waals surface area contributed by atoms with Crippen LogP contribution in [0.3, 0.4) is 0 Å². The fourth-order valence-corrected chi connectivity index (χ4v) is 3.89. The molecule has 0 bridgehead atoms. The molecule has 0 aromatic carbocycles. The Morgan fingerprint density at radius 1 is 1.35 bits per heavy atom. The van der Waals surface area contributed by atoms with E-state index in [1.54, 1.807) is 0 Å². The van der Waals surface area contributed by atoms with Crippen molar-refractivity contribution in [2.24, 2.45) is 11.7 Å². The van der Waals surface area contributed by atoms with Gasteiger partial charge in [0.05, 0.1) is 11.4 Å². The Morgan fingerprint density at radius 3 is 3.05 bits per heavy atom. The smallest absolute Gasteiger partial charge is 0.0772 e. The van der Waals surface area contributed by atoms with Crippen LogP contribution in [0.15, 0.2) is 12.1 Å². The first-order valence-corrected chi connectivity index (χ1v) is 8.63. The zero-order valence-electron chi connectivity index (χ0n) is 12.5. The van der Waals surface area contributed by atoms with E-state index in [4.69, 9.17) is 5.73 Å². The van der Waals surface area contributed by atoms with Crippen LogP contribution in [-0.4, -0.2) is 24.5 Å². The number of hydrogen-bond acceptors (Lipinski definition) is 3. The Labute approximate surface area is 127 Å². The minimum Gasteiger partial charge on any atom is -0.320 e. The van der Waals surface area contributed by atoms with E-state index in [-0.39, 0.29) is 0 Å². The maximum absolute atomic E-state index is 5.41. The zero-order valence-corrected chi connectivity index (χ0v) is 13.3. The van der Waals surface area contributed by atoms with E-state index < -0.39 is 0 Å². The highest BCUT2D eigenvalue weighted by Crippen LogP contribution is 2.24. The summed E-state index contributed by atoms with van der Waals surface area (Å²) in [7, 11) is 0.